The summed E-state index contributed by atoms with van der Waals surface area (Å²) in [6, 6.07) is 2.77. The number of benzene rings is 1. The Bertz CT molecular complexity index is 475. The molecule has 8 heteroatoms. The summed E-state index contributed by atoms with van der Waals surface area (Å²) in [5, 5.41) is 3.12. The van der Waals surface area contributed by atoms with Crippen molar-refractivity contribution in [2.75, 3.05) is 26.2 Å². The monoisotopic (exact) mass is 344 g/mol. The van der Waals surface area contributed by atoms with Gasteiger partial charge in [-0.15, -0.1) is 12.4 Å². The summed E-state index contributed by atoms with van der Waals surface area (Å²) in [5.41, 5.74) is 0.389. The number of halogens is 6. The highest BCUT2D eigenvalue weighted by atomic mass is 35.5. The summed E-state index contributed by atoms with van der Waals surface area (Å²) in [5.74, 6) is -2.02. The van der Waals surface area contributed by atoms with Crippen molar-refractivity contribution in [3.05, 3.63) is 35.4 Å². The largest absolute Gasteiger partial charge is 0.389 e. The van der Waals surface area contributed by atoms with Gasteiger partial charge in [-0.25, -0.2) is 8.78 Å². The molecule has 0 amide bonds. The minimum absolute atomic E-state index is 0. The number of nitrogens with zero attached hydrogens (tertiary/aromatic N) is 1. The maximum absolute atomic E-state index is 13.4. The van der Waals surface area contributed by atoms with Crippen LogP contribution in [0.3, 0.4) is 0 Å². The molecule has 0 saturated carbocycles. The lowest BCUT2D eigenvalue weighted by atomic mass is 9.99. The molecule has 0 aliphatic carbocycles. The lowest BCUT2D eigenvalue weighted by Crippen LogP contribution is -2.45. The van der Waals surface area contributed by atoms with Crippen molar-refractivity contribution in [1.29, 1.82) is 0 Å². The van der Waals surface area contributed by atoms with Gasteiger partial charge in [0.15, 0.2) is 11.6 Å². The van der Waals surface area contributed by atoms with Crippen molar-refractivity contribution in [3.8, 4) is 0 Å². The molecule has 1 heterocycles. The molecule has 1 fully saturated rings. The Morgan fingerprint density at radius 3 is 2.27 bits per heavy atom. The van der Waals surface area contributed by atoms with Gasteiger partial charge in [0, 0.05) is 38.6 Å². The fourth-order valence-electron chi connectivity index (χ4n) is 2.57. The van der Waals surface area contributed by atoms with Gasteiger partial charge in [-0.2, -0.15) is 13.2 Å². The van der Waals surface area contributed by atoms with Gasteiger partial charge in [-0.3, -0.25) is 4.90 Å². The summed E-state index contributed by atoms with van der Waals surface area (Å²) >= 11 is 0. The van der Waals surface area contributed by atoms with Gasteiger partial charge >= 0.3 is 6.18 Å². The molecule has 22 heavy (non-hydrogen) atoms. The van der Waals surface area contributed by atoms with Crippen LogP contribution in [-0.2, 0) is 0 Å². The van der Waals surface area contributed by atoms with E-state index in [0.29, 0.717) is 31.7 Å². The maximum atomic E-state index is 13.4. The molecule has 1 N–H and O–H groups in total. The first kappa shape index (κ1) is 19.1. The summed E-state index contributed by atoms with van der Waals surface area (Å²) in [7, 11) is 0. The van der Waals surface area contributed by atoms with Crippen molar-refractivity contribution >= 4 is 12.4 Å². The first-order valence-corrected chi connectivity index (χ1v) is 6.83. The van der Waals surface area contributed by atoms with Crippen LogP contribution in [0.15, 0.2) is 18.2 Å². The van der Waals surface area contributed by atoms with E-state index in [1.165, 1.54) is 6.07 Å². The van der Waals surface area contributed by atoms with Crippen molar-refractivity contribution < 1.29 is 22.0 Å². The molecule has 0 unspecified atom stereocenters. The van der Waals surface area contributed by atoms with Crippen molar-refractivity contribution in [1.82, 2.24) is 10.2 Å². The van der Waals surface area contributed by atoms with Gasteiger partial charge in [0.2, 0.25) is 0 Å². The fourth-order valence-corrected chi connectivity index (χ4v) is 2.57. The minimum Gasteiger partial charge on any atom is -0.314 e. The summed E-state index contributed by atoms with van der Waals surface area (Å²) in [6.07, 6.45) is -5.36. The van der Waals surface area contributed by atoms with Crippen LogP contribution >= 0.6 is 12.4 Å². The van der Waals surface area contributed by atoms with Crippen LogP contribution in [-0.4, -0.2) is 37.3 Å². The van der Waals surface area contributed by atoms with E-state index >= 15 is 0 Å². The second-order valence-corrected chi connectivity index (χ2v) is 5.13. The van der Waals surface area contributed by atoms with E-state index in [1.54, 1.807) is 0 Å². The van der Waals surface area contributed by atoms with Gasteiger partial charge < -0.3 is 5.32 Å². The molecular weight excluding hydrogens is 327 g/mol. The van der Waals surface area contributed by atoms with Gasteiger partial charge in [0.1, 0.15) is 0 Å². The predicted molar refractivity (Wildman–Crippen MR) is 76.1 cm³/mol. The second-order valence-electron chi connectivity index (χ2n) is 5.13. The normalized spacial score (nSPS) is 17.9. The lowest BCUT2D eigenvalue weighted by molar-refractivity contribution is -0.138. The predicted octanol–water partition coefficient (Wildman–Crippen LogP) is 3.68. The van der Waals surface area contributed by atoms with Crippen LogP contribution in [0.5, 0.6) is 0 Å². The highest BCUT2D eigenvalue weighted by molar-refractivity contribution is 5.85. The Kier molecular flexibility index (Phi) is 7.02. The number of hydrogen-bond donors (Lipinski definition) is 1. The SMILES string of the molecule is Cl.Fc1ccc([C@@H](CCC(F)(F)F)N2CCNCC2)cc1F. The first-order chi connectivity index (χ1) is 9.87. The molecular formula is C14H18ClF5N2. The highest BCUT2D eigenvalue weighted by Gasteiger charge is 2.31. The standard InChI is InChI=1S/C14H17F5N2.ClH/c15-11-2-1-10(9-12(11)16)13(3-4-14(17,18)19)21-7-5-20-6-8-21;/h1-2,9,13,20H,3-8H2;1H/t13-;/m1./s1. The highest BCUT2D eigenvalue weighted by Crippen LogP contribution is 2.32. The quantitative estimate of drug-likeness (QED) is 0.838. The van der Waals surface area contributed by atoms with Gasteiger partial charge in [0.25, 0.3) is 0 Å². The molecule has 1 aliphatic rings. The zero-order valence-corrected chi connectivity index (χ0v) is 12.6. The average Bonchev–Trinajstić information content (AvgIpc) is 2.43. The number of alkyl halides is 3. The Morgan fingerprint density at radius 1 is 1.09 bits per heavy atom. The molecule has 1 saturated heterocycles. The van der Waals surface area contributed by atoms with Crippen LogP contribution < -0.4 is 5.32 Å². The molecule has 0 radical (unpaired) electrons. The molecule has 1 aliphatic heterocycles. The van der Waals surface area contributed by atoms with Gasteiger partial charge in [-0.1, -0.05) is 6.07 Å². The number of piperazine rings is 1. The van der Waals surface area contributed by atoms with E-state index in [-0.39, 0.29) is 18.8 Å². The summed E-state index contributed by atoms with van der Waals surface area (Å²) in [4.78, 5) is 1.88. The third kappa shape index (κ3) is 5.37. The van der Waals surface area contributed by atoms with Crippen molar-refractivity contribution in [3.63, 3.8) is 0 Å². The van der Waals surface area contributed by atoms with Crippen LogP contribution in [0.4, 0.5) is 22.0 Å². The van der Waals surface area contributed by atoms with Gasteiger partial charge in [0.05, 0.1) is 0 Å². The molecule has 2 nitrogen and oxygen atoms in total. The molecule has 126 valence electrons. The van der Waals surface area contributed by atoms with Crippen molar-refractivity contribution in [2.45, 2.75) is 25.1 Å². The third-order valence-electron chi connectivity index (χ3n) is 3.62. The average molecular weight is 345 g/mol. The fraction of sp³-hybridized carbons (Fsp3) is 0.571. The Labute approximate surface area is 132 Å². The van der Waals surface area contributed by atoms with Crippen LogP contribution in [0.25, 0.3) is 0 Å². The van der Waals surface area contributed by atoms with Crippen molar-refractivity contribution in [2.24, 2.45) is 0 Å². The lowest BCUT2D eigenvalue weighted by Gasteiger charge is -2.35. The van der Waals surface area contributed by atoms with Gasteiger partial charge in [-0.05, 0) is 24.1 Å². The van der Waals surface area contributed by atoms with Crippen LogP contribution in [0, 0.1) is 11.6 Å². The molecule has 1 aromatic carbocycles. The summed E-state index contributed by atoms with van der Waals surface area (Å²) in [6.45, 7) is 2.52. The van der Waals surface area contributed by atoms with Crippen LogP contribution in [0.1, 0.15) is 24.4 Å². The van der Waals surface area contributed by atoms with E-state index in [2.05, 4.69) is 5.32 Å². The molecule has 1 atom stereocenters. The van der Waals surface area contributed by atoms with Crippen LogP contribution in [0.2, 0.25) is 0 Å². The first-order valence-electron chi connectivity index (χ1n) is 6.83. The van der Waals surface area contributed by atoms with E-state index in [9.17, 15) is 22.0 Å². The molecule has 2 rings (SSSR count). The van der Waals surface area contributed by atoms with E-state index in [0.717, 1.165) is 12.1 Å². The molecule has 0 bridgehead atoms. The zero-order chi connectivity index (χ0) is 15.5. The molecule has 1 aromatic rings. The Hall–Kier alpha value is -0.920. The van der Waals surface area contributed by atoms with E-state index in [4.69, 9.17) is 0 Å². The topological polar surface area (TPSA) is 15.3 Å². The number of rotatable bonds is 4. The Morgan fingerprint density at radius 2 is 1.73 bits per heavy atom. The maximum Gasteiger partial charge on any atom is 0.389 e. The van der Waals surface area contributed by atoms with E-state index < -0.39 is 30.3 Å². The minimum atomic E-state index is -4.26. The number of nitrogens with one attached hydrogen (secondary N) is 1. The van der Waals surface area contributed by atoms with E-state index in [1.807, 2.05) is 4.90 Å². The third-order valence-corrected chi connectivity index (χ3v) is 3.62. The smallest absolute Gasteiger partial charge is 0.314 e. The molecule has 0 spiro atoms. The second kappa shape index (κ2) is 8.08. The Balaban J connectivity index is 0.00000242. The number of hydrogen-bond acceptors (Lipinski definition) is 2. The molecule has 0 aromatic heterocycles. The summed E-state index contributed by atoms with van der Waals surface area (Å²) < 4.78 is 63.8. The zero-order valence-electron chi connectivity index (χ0n) is 11.8.